The van der Waals surface area contributed by atoms with E-state index in [1.807, 2.05) is 48.5 Å². The van der Waals surface area contributed by atoms with E-state index in [0.29, 0.717) is 30.0 Å². The van der Waals surface area contributed by atoms with Crippen molar-refractivity contribution >= 4 is 5.91 Å². The van der Waals surface area contributed by atoms with Crippen LogP contribution >= 0.6 is 0 Å². The molecule has 0 radical (unpaired) electrons. The van der Waals surface area contributed by atoms with Crippen molar-refractivity contribution in [3.63, 3.8) is 0 Å². The number of halogens is 3. The maximum Gasteiger partial charge on any atom is 0.416 e. The van der Waals surface area contributed by atoms with Gasteiger partial charge < -0.3 is 11.1 Å². The molecule has 1 atom stereocenters. The Hall–Kier alpha value is -3.12. The Kier molecular flexibility index (Phi) is 7.91. The topological polar surface area (TPSA) is 55.1 Å². The van der Waals surface area contributed by atoms with Crippen LogP contribution in [0.1, 0.15) is 48.4 Å². The smallest absolute Gasteiger partial charge is 0.349 e. The molecule has 3 nitrogen and oxygen atoms in total. The Morgan fingerprint density at radius 2 is 1.54 bits per heavy atom. The average Bonchev–Trinajstić information content (AvgIpc) is 2.88. The number of carbonyl (C=O) groups excluding carboxylic acids is 1. The second kappa shape index (κ2) is 11.1. The number of benzene rings is 3. The van der Waals surface area contributed by atoms with E-state index >= 15 is 0 Å². The van der Waals surface area contributed by atoms with Crippen LogP contribution in [-0.2, 0) is 17.4 Å². The van der Waals surface area contributed by atoms with Crippen molar-refractivity contribution in [2.45, 2.75) is 44.3 Å². The van der Waals surface area contributed by atoms with Crippen LogP contribution in [0.2, 0.25) is 0 Å². The van der Waals surface area contributed by atoms with E-state index in [9.17, 15) is 18.0 Å². The van der Waals surface area contributed by atoms with E-state index in [1.54, 1.807) is 12.1 Å². The van der Waals surface area contributed by atoms with Gasteiger partial charge in [-0.2, -0.15) is 13.2 Å². The highest BCUT2D eigenvalue weighted by Gasteiger charge is 2.31. The molecule has 35 heavy (non-hydrogen) atoms. The number of rotatable bonds is 7. The number of alkyl halides is 3. The first-order chi connectivity index (χ1) is 16.8. The minimum Gasteiger partial charge on any atom is -0.349 e. The standard InChI is InChI=1S/C29H31F3N2O/c30-29(31,32)26-11-5-9-24(18-26)23-8-4-10-25(17-23)27(16-20-6-2-1-3-7-20)34-28(35)22-14-12-21(19-33)13-15-22/h1-11,17-18,21-22,27H,12-16,19,33H2,(H,34,35). The molecular weight excluding hydrogens is 449 g/mol. The fraction of sp³-hybridized carbons (Fsp3) is 0.345. The van der Waals surface area contributed by atoms with Gasteiger partial charge in [0.25, 0.3) is 0 Å². The van der Waals surface area contributed by atoms with E-state index < -0.39 is 11.7 Å². The fourth-order valence-electron chi connectivity index (χ4n) is 4.86. The van der Waals surface area contributed by atoms with Gasteiger partial charge in [-0.3, -0.25) is 4.79 Å². The van der Waals surface area contributed by atoms with Crippen molar-refractivity contribution in [1.82, 2.24) is 5.32 Å². The summed E-state index contributed by atoms with van der Waals surface area (Å²) in [6.07, 6.45) is -0.227. The van der Waals surface area contributed by atoms with Crippen LogP contribution in [0.25, 0.3) is 11.1 Å². The van der Waals surface area contributed by atoms with Crippen LogP contribution in [0.4, 0.5) is 13.2 Å². The number of nitrogens with two attached hydrogens (primary N) is 1. The molecule has 1 saturated carbocycles. The van der Waals surface area contributed by atoms with E-state index in [0.717, 1.165) is 42.9 Å². The van der Waals surface area contributed by atoms with Gasteiger partial charge in [0.2, 0.25) is 5.91 Å². The molecule has 3 aromatic rings. The fourth-order valence-corrected chi connectivity index (χ4v) is 4.86. The van der Waals surface area contributed by atoms with Crippen molar-refractivity contribution in [3.05, 3.63) is 95.6 Å². The zero-order valence-electron chi connectivity index (χ0n) is 19.6. The van der Waals surface area contributed by atoms with Gasteiger partial charge in [-0.15, -0.1) is 0 Å². The number of amides is 1. The van der Waals surface area contributed by atoms with Gasteiger partial charge in [0.1, 0.15) is 0 Å². The van der Waals surface area contributed by atoms with Gasteiger partial charge in [0.15, 0.2) is 0 Å². The number of nitrogens with one attached hydrogen (secondary N) is 1. The third-order valence-corrected chi connectivity index (χ3v) is 6.96. The molecule has 4 rings (SSSR count). The van der Waals surface area contributed by atoms with Gasteiger partial charge >= 0.3 is 6.18 Å². The van der Waals surface area contributed by atoms with E-state index in [4.69, 9.17) is 5.73 Å². The molecule has 0 aromatic heterocycles. The molecular formula is C29H31F3N2O. The maximum atomic E-state index is 13.2. The molecule has 0 saturated heterocycles. The summed E-state index contributed by atoms with van der Waals surface area (Å²) in [6.45, 7) is 0.660. The summed E-state index contributed by atoms with van der Waals surface area (Å²) in [5.74, 6) is 0.483. The zero-order chi connectivity index (χ0) is 24.8. The Balaban J connectivity index is 1.59. The molecule has 0 bridgehead atoms. The highest BCUT2D eigenvalue weighted by Crippen LogP contribution is 2.33. The van der Waals surface area contributed by atoms with Gasteiger partial charge in [-0.05, 0) is 85.0 Å². The number of hydrogen-bond acceptors (Lipinski definition) is 2. The first kappa shape index (κ1) is 25.0. The third-order valence-electron chi connectivity index (χ3n) is 6.96. The Morgan fingerprint density at radius 1 is 0.886 bits per heavy atom. The third kappa shape index (κ3) is 6.51. The van der Waals surface area contributed by atoms with Crippen LogP contribution in [0.3, 0.4) is 0 Å². The monoisotopic (exact) mass is 480 g/mol. The van der Waals surface area contributed by atoms with Gasteiger partial charge in [0, 0.05) is 5.92 Å². The van der Waals surface area contributed by atoms with Crippen molar-refractivity contribution < 1.29 is 18.0 Å². The van der Waals surface area contributed by atoms with Crippen LogP contribution in [-0.4, -0.2) is 12.5 Å². The van der Waals surface area contributed by atoms with Gasteiger partial charge in [-0.25, -0.2) is 0 Å². The molecule has 0 aliphatic heterocycles. The predicted molar refractivity (Wildman–Crippen MR) is 132 cm³/mol. The molecule has 1 aliphatic carbocycles. The summed E-state index contributed by atoms with van der Waals surface area (Å²) >= 11 is 0. The zero-order valence-corrected chi connectivity index (χ0v) is 19.6. The maximum absolute atomic E-state index is 13.2. The molecule has 6 heteroatoms. The lowest BCUT2D eigenvalue weighted by molar-refractivity contribution is -0.137. The normalized spacial score (nSPS) is 19.2. The minimum absolute atomic E-state index is 0.0332. The summed E-state index contributed by atoms with van der Waals surface area (Å²) in [5.41, 5.74) is 8.24. The molecule has 0 spiro atoms. The molecule has 184 valence electrons. The molecule has 3 aromatic carbocycles. The van der Waals surface area contributed by atoms with Crippen molar-refractivity contribution in [1.29, 1.82) is 0 Å². The summed E-state index contributed by atoms with van der Waals surface area (Å²) < 4.78 is 39.7. The van der Waals surface area contributed by atoms with Crippen LogP contribution in [0.15, 0.2) is 78.9 Å². The SMILES string of the molecule is NCC1CCC(C(=O)NC(Cc2ccccc2)c2cccc(-c3cccc(C(F)(F)F)c3)c2)CC1. The quantitative estimate of drug-likeness (QED) is 0.404. The van der Waals surface area contributed by atoms with Crippen molar-refractivity contribution in [2.24, 2.45) is 17.6 Å². The van der Waals surface area contributed by atoms with E-state index in [1.165, 1.54) is 12.1 Å². The van der Waals surface area contributed by atoms with E-state index in [2.05, 4.69) is 5.32 Å². The summed E-state index contributed by atoms with van der Waals surface area (Å²) in [5, 5.41) is 3.25. The average molecular weight is 481 g/mol. The van der Waals surface area contributed by atoms with Gasteiger partial charge in [0.05, 0.1) is 11.6 Å². The summed E-state index contributed by atoms with van der Waals surface area (Å²) in [7, 11) is 0. The number of hydrogen-bond donors (Lipinski definition) is 2. The Morgan fingerprint density at radius 3 is 2.20 bits per heavy atom. The summed E-state index contributed by atoms with van der Waals surface area (Å²) in [4.78, 5) is 13.2. The Labute approximate surface area is 204 Å². The lowest BCUT2D eigenvalue weighted by Gasteiger charge is -2.29. The second-order valence-electron chi connectivity index (χ2n) is 9.41. The predicted octanol–water partition coefficient (Wildman–Crippen LogP) is 6.54. The highest BCUT2D eigenvalue weighted by molar-refractivity contribution is 5.79. The Bertz CT molecular complexity index is 1120. The van der Waals surface area contributed by atoms with Crippen LogP contribution in [0.5, 0.6) is 0 Å². The van der Waals surface area contributed by atoms with Crippen LogP contribution in [0, 0.1) is 11.8 Å². The molecule has 3 N–H and O–H groups in total. The highest BCUT2D eigenvalue weighted by atomic mass is 19.4. The minimum atomic E-state index is -4.40. The molecule has 1 fully saturated rings. The molecule has 1 aliphatic rings. The first-order valence-corrected chi connectivity index (χ1v) is 12.2. The first-order valence-electron chi connectivity index (χ1n) is 12.2. The van der Waals surface area contributed by atoms with E-state index in [-0.39, 0.29) is 17.9 Å². The second-order valence-corrected chi connectivity index (χ2v) is 9.41. The molecule has 1 amide bonds. The largest absolute Gasteiger partial charge is 0.416 e. The lowest BCUT2D eigenvalue weighted by atomic mass is 9.81. The van der Waals surface area contributed by atoms with Gasteiger partial charge in [-0.1, -0.05) is 60.7 Å². The molecule has 1 unspecified atom stereocenters. The molecule has 0 heterocycles. The van der Waals surface area contributed by atoms with Crippen molar-refractivity contribution in [2.75, 3.05) is 6.54 Å². The lowest BCUT2D eigenvalue weighted by Crippen LogP contribution is -2.37. The number of carbonyl (C=O) groups is 1. The van der Waals surface area contributed by atoms with Crippen LogP contribution < -0.4 is 11.1 Å². The summed E-state index contributed by atoms with van der Waals surface area (Å²) in [6, 6.07) is 22.4. The van der Waals surface area contributed by atoms with Crippen molar-refractivity contribution in [3.8, 4) is 11.1 Å².